The predicted octanol–water partition coefficient (Wildman–Crippen LogP) is 1.38. The lowest BCUT2D eigenvalue weighted by atomic mass is 10.1. The van der Waals surface area contributed by atoms with Crippen molar-refractivity contribution >= 4 is 23.1 Å². The highest BCUT2D eigenvalue weighted by atomic mass is 32.1. The molecule has 0 heterocycles. The minimum atomic E-state index is -0.976. The first kappa shape index (κ1) is 11.5. The van der Waals surface area contributed by atoms with Gasteiger partial charge in [0.2, 0.25) is 0 Å². The molecule has 0 bridgehead atoms. The van der Waals surface area contributed by atoms with Crippen LogP contribution >= 0.6 is 12.2 Å². The van der Waals surface area contributed by atoms with Crippen LogP contribution in [0.2, 0.25) is 0 Å². The number of unbranched alkanes of at least 4 members (excludes halogenated alkanes) is 1. The summed E-state index contributed by atoms with van der Waals surface area (Å²) in [7, 11) is 0. The van der Waals surface area contributed by atoms with Crippen LogP contribution in [0, 0.1) is 0 Å². The number of aliphatic hydroxyl groups excluding tert-OH is 1. The molecule has 0 fully saturated rings. The van der Waals surface area contributed by atoms with E-state index in [-0.39, 0.29) is 11.3 Å². The van der Waals surface area contributed by atoms with Crippen LogP contribution < -0.4 is 0 Å². The maximum atomic E-state index is 10.2. The second kappa shape index (κ2) is 6.08. The molecule has 0 aromatic carbocycles. The van der Waals surface area contributed by atoms with Gasteiger partial charge in [0.15, 0.2) is 0 Å². The average Bonchev–Trinajstić information content (AvgIpc) is 1.98. The molecular formula is C8H14O3S. The number of carboxylic acid groups (broad SMARTS) is 1. The van der Waals surface area contributed by atoms with Crippen LogP contribution in [-0.2, 0) is 4.79 Å². The summed E-state index contributed by atoms with van der Waals surface area (Å²) in [6, 6.07) is 0. The number of thiocarbonyl (C=S) groups is 1. The molecule has 12 heavy (non-hydrogen) atoms. The van der Waals surface area contributed by atoms with E-state index in [1.54, 1.807) is 0 Å². The van der Waals surface area contributed by atoms with Gasteiger partial charge in [-0.2, -0.15) is 0 Å². The van der Waals surface area contributed by atoms with E-state index in [4.69, 9.17) is 17.3 Å². The Balaban J connectivity index is 3.69. The third-order valence-corrected chi connectivity index (χ3v) is 1.94. The van der Waals surface area contributed by atoms with Crippen LogP contribution in [0.15, 0.2) is 0 Å². The molecule has 70 valence electrons. The molecule has 0 aromatic rings. The van der Waals surface area contributed by atoms with Crippen LogP contribution in [0.5, 0.6) is 0 Å². The van der Waals surface area contributed by atoms with E-state index in [2.05, 4.69) is 0 Å². The van der Waals surface area contributed by atoms with E-state index in [1.165, 1.54) is 0 Å². The van der Waals surface area contributed by atoms with Crippen LogP contribution in [0.1, 0.15) is 32.6 Å². The molecule has 0 aromatic heterocycles. The fraction of sp³-hybridized carbons (Fsp3) is 0.750. The van der Waals surface area contributed by atoms with Gasteiger partial charge in [0, 0.05) is 4.86 Å². The molecular weight excluding hydrogens is 176 g/mol. The first-order valence-electron chi connectivity index (χ1n) is 4.00. The summed E-state index contributed by atoms with van der Waals surface area (Å²) in [6.07, 6.45) is 1.49. The number of carboxylic acids is 1. The summed E-state index contributed by atoms with van der Waals surface area (Å²) < 4.78 is 0. The number of aliphatic carboxylic acids is 1. The summed E-state index contributed by atoms with van der Waals surface area (Å²) >= 11 is 4.74. The van der Waals surface area contributed by atoms with Crippen molar-refractivity contribution in [1.29, 1.82) is 0 Å². The lowest BCUT2D eigenvalue weighted by Crippen LogP contribution is -2.20. The Kier molecular flexibility index (Phi) is 5.84. The number of rotatable bonds is 6. The van der Waals surface area contributed by atoms with E-state index in [9.17, 15) is 9.90 Å². The molecule has 0 saturated heterocycles. The standard InChI is InChI=1S/C8H14O3S/c1-2-3-4-6(9)7(12)5-8(10)11/h6,9H,2-5H2,1H3,(H,10,11). The number of hydrogen-bond donors (Lipinski definition) is 2. The van der Waals surface area contributed by atoms with Gasteiger partial charge in [0.25, 0.3) is 0 Å². The second-order valence-electron chi connectivity index (χ2n) is 2.69. The van der Waals surface area contributed by atoms with E-state index in [0.717, 1.165) is 12.8 Å². The minimum absolute atomic E-state index is 0.208. The zero-order chi connectivity index (χ0) is 9.56. The van der Waals surface area contributed by atoms with E-state index < -0.39 is 12.1 Å². The molecule has 0 saturated carbocycles. The van der Waals surface area contributed by atoms with Gasteiger partial charge in [-0.05, 0) is 6.42 Å². The number of hydrogen-bond acceptors (Lipinski definition) is 3. The summed E-state index contributed by atoms with van der Waals surface area (Å²) in [6.45, 7) is 2.01. The Hall–Kier alpha value is -0.480. The molecule has 1 unspecified atom stereocenters. The molecule has 0 spiro atoms. The van der Waals surface area contributed by atoms with Gasteiger partial charge in [-0.15, -0.1) is 0 Å². The van der Waals surface area contributed by atoms with Crippen molar-refractivity contribution in [2.75, 3.05) is 0 Å². The molecule has 0 radical (unpaired) electrons. The molecule has 0 aliphatic heterocycles. The summed E-state index contributed by atoms with van der Waals surface area (Å²) in [5.41, 5.74) is 0. The monoisotopic (exact) mass is 190 g/mol. The van der Waals surface area contributed by atoms with E-state index in [1.807, 2.05) is 6.92 Å². The fourth-order valence-electron chi connectivity index (χ4n) is 0.825. The Bertz CT molecular complexity index is 168. The SMILES string of the molecule is CCCCC(O)C(=S)CC(=O)O. The molecule has 4 heteroatoms. The Morgan fingerprint density at radius 2 is 2.17 bits per heavy atom. The fourth-order valence-corrected chi connectivity index (χ4v) is 1.07. The topological polar surface area (TPSA) is 57.5 Å². The van der Waals surface area contributed by atoms with Gasteiger partial charge < -0.3 is 10.2 Å². The molecule has 0 aliphatic rings. The van der Waals surface area contributed by atoms with Crippen molar-refractivity contribution < 1.29 is 15.0 Å². The molecule has 3 nitrogen and oxygen atoms in total. The first-order valence-corrected chi connectivity index (χ1v) is 4.41. The van der Waals surface area contributed by atoms with Gasteiger partial charge in [-0.1, -0.05) is 32.0 Å². The van der Waals surface area contributed by atoms with Gasteiger partial charge in [-0.25, -0.2) is 0 Å². The predicted molar refractivity (Wildman–Crippen MR) is 50.4 cm³/mol. The van der Waals surface area contributed by atoms with Gasteiger partial charge in [0.05, 0.1) is 12.5 Å². The Labute approximate surface area is 77.4 Å². The molecule has 0 amide bonds. The van der Waals surface area contributed by atoms with Gasteiger partial charge in [-0.3, -0.25) is 4.79 Å². The van der Waals surface area contributed by atoms with E-state index >= 15 is 0 Å². The number of aliphatic hydroxyl groups is 1. The van der Waals surface area contributed by atoms with Crippen molar-refractivity contribution in [2.24, 2.45) is 0 Å². The lowest BCUT2D eigenvalue weighted by molar-refractivity contribution is -0.135. The summed E-state index contributed by atoms with van der Waals surface area (Å²) in [5, 5.41) is 17.7. The van der Waals surface area contributed by atoms with Crippen LogP contribution in [-0.4, -0.2) is 27.2 Å². The molecule has 0 rings (SSSR count). The third kappa shape index (κ3) is 5.21. The summed E-state index contributed by atoms with van der Waals surface area (Å²) in [4.78, 5) is 10.4. The second-order valence-corrected chi connectivity index (χ2v) is 3.22. The largest absolute Gasteiger partial charge is 0.481 e. The minimum Gasteiger partial charge on any atom is -0.481 e. The van der Waals surface area contributed by atoms with Crippen molar-refractivity contribution in [3.8, 4) is 0 Å². The zero-order valence-electron chi connectivity index (χ0n) is 7.12. The average molecular weight is 190 g/mol. The van der Waals surface area contributed by atoms with Crippen molar-refractivity contribution in [1.82, 2.24) is 0 Å². The quantitative estimate of drug-likeness (QED) is 0.621. The van der Waals surface area contributed by atoms with Crippen molar-refractivity contribution in [3.63, 3.8) is 0 Å². The highest BCUT2D eigenvalue weighted by molar-refractivity contribution is 7.80. The molecule has 1 atom stereocenters. The Morgan fingerprint density at radius 1 is 1.58 bits per heavy atom. The van der Waals surface area contributed by atoms with Crippen molar-refractivity contribution in [3.05, 3.63) is 0 Å². The maximum Gasteiger partial charge on any atom is 0.308 e. The lowest BCUT2D eigenvalue weighted by Gasteiger charge is -2.08. The van der Waals surface area contributed by atoms with Gasteiger partial charge >= 0.3 is 5.97 Å². The first-order chi connectivity index (χ1) is 5.57. The number of carbonyl (C=O) groups is 1. The van der Waals surface area contributed by atoms with Crippen molar-refractivity contribution in [2.45, 2.75) is 38.7 Å². The van der Waals surface area contributed by atoms with Crippen LogP contribution in [0.3, 0.4) is 0 Å². The zero-order valence-corrected chi connectivity index (χ0v) is 7.93. The van der Waals surface area contributed by atoms with E-state index in [0.29, 0.717) is 6.42 Å². The smallest absolute Gasteiger partial charge is 0.308 e. The maximum absolute atomic E-state index is 10.2. The molecule has 2 N–H and O–H groups in total. The summed E-state index contributed by atoms with van der Waals surface area (Å²) in [5.74, 6) is -0.976. The van der Waals surface area contributed by atoms with Gasteiger partial charge in [0.1, 0.15) is 0 Å². The van der Waals surface area contributed by atoms with Crippen LogP contribution in [0.25, 0.3) is 0 Å². The van der Waals surface area contributed by atoms with Crippen LogP contribution in [0.4, 0.5) is 0 Å². The highest BCUT2D eigenvalue weighted by Crippen LogP contribution is 2.04. The highest BCUT2D eigenvalue weighted by Gasteiger charge is 2.12. The molecule has 0 aliphatic carbocycles. The normalized spacial score (nSPS) is 12.5. The Morgan fingerprint density at radius 3 is 2.58 bits per heavy atom. The third-order valence-electron chi connectivity index (χ3n) is 1.53.